The molecule has 2 rings (SSSR count). The van der Waals surface area contributed by atoms with Crippen LogP contribution in [0.3, 0.4) is 0 Å². The molecule has 0 heterocycles. The molecule has 0 radical (unpaired) electrons. The first kappa shape index (κ1) is 16.9. The predicted molar refractivity (Wildman–Crippen MR) is 92.4 cm³/mol. The van der Waals surface area contributed by atoms with Crippen molar-refractivity contribution in [3.8, 4) is 0 Å². The molecule has 0 atom stereocenters. The molecule has 6 heteroatoms. The topological polar surface area (TPSA) is 37.4 Å². The number of rotatable bonds is 5. The van der Waals surface area contributed by atoms with Gasteiger partial charge in [-0.15, -0.1) is 6.58 Å². The van der Waals surface area contributed by atoms with E-state index in [2.05, 4.69) is 6.58 Å². The number of sulfonamides is 1. The molecule has 0 aliphatic carbocycles. The van der Waals surface area contributed by atoms with Crippen molar-refractivity contribution in [2.24, 2.45) is 0 Å². The maximum absolute atomic E-state index is 12.9. The molecule has 2 aromatic rings. The fourth-order valence-electron chi connectivity index (χ4n) is 2.04. The summed E-state index contributed by atoms with van der Waals surface area (Å²) in [5.41, 5.74) is 1.51. The minimum atomic E-state index is -3.84. The Balaban J connectivity index is 2.60. The van der Waals surface area contributed by atoms with Gasteiger partial charge in [-0.25, -0.2) is 8.42 Å². The molecule has 0 fully saturated rings. The van der Waals surface area contributed by atoms with E-state index in [4.69, 9.17) is 23.2 Å². The van der Waals surface area contributed by atoms with Crippen LogP contribution in [-0.4, -0.2) is 15.0 Å². The van der Waals surface area contributed by atoms with Gasteiger partial charge in [0.15, 0.2) is 0 Å². The molecule has 0 N–H and O–H groups in total. The van der Waals surface area contributed by atoms with Crippen LogP contribution in [0.1, 0.15) is 5.56 Å². The molecule has 116 valence electrons. The van der Waals surface area contributed by atoms with Crippen LogP contribution in [0.4, 0.5) is 5.69 Å². The van der Waals surface area contributed by atoms with Crippen molar-refractivity contribution in [2.45, 2.75) is 11.8 Å². The minimum absolute atomic E-state index is 0.0231. The van der Waals surface area contributed by atoms with Crippen LogP contribution in [-0.2, 0) is 10.0 Å². The van der Waals surface area contributed by atoms with Gasteiger partial charge in [-0.1, -0.05) is 41.4 Å². The van der Waals surface area contributed by atoms with E-state index < -0.39 is 10.0 Å². The highest BCUT2D eigenvalue weighted by atomic mass is 35.5. The fourth-order valence-corrected chi connectivity index (χ4v) is 4.20. The third-order valence-electron chi connectivity index (χ3n) is 3.05. The lowest BCUT2D eigenvalue weighted by atomic mass is 10.2. The van der Waals surface area contributed by atoms with Crippen molar-refractivity contribution in [1.82, 2.24) is 0 Å². The van der Waals surface area contributed by atoms with E-state index in [0.717, 1.165) is 5.56 Å². The van der Waals surface area contributed by atoms with E-state index in [0.29, 0.717) is 10.7 Å². The van der Waals surface area contributed by atoms with Crippen molar-refractivity contribution in [1.29, 1.82) is 0 Å². The Morgan fingerprint density at radius 3 is 2.55 bits per heavy atom. The van der Waals surface area contributed by atoms with Crippen molar-refractivity contribution < 1.29 is 8.42 Å². The van der Waals surface area contributed by atoms with Crippen molar-refractivity contribution >= 4 is 38.9 Å². The fraction of sp³-hybridized carbons (Fsp3) is 0.125. The van der Waals surface area contributed by atoms with E-state index in [9.17, 15) is 8.42 Å². The molecule has 0 amide bonds. The average molecular weight is 356 g/mol. The van der Waals surface area contributed by atoms with Gasteiger partial charge in [0.25, 0.3) is 10.0 Å². The lowest BCUT2D eigenvalue weighted by molar-refractivity contribution is 0.593. The van der Waals surface area contributed by atoms with Crippen LogP contribution in [0.2, 0.25) is 10.0 Å². The predicted octanol–water partition coefficient (Wildman–Crippen LogP) is 4.68. The standard InChI is InChI=1S/C16H15Cl2NO2S/c1-3-9-19(14-6-4-5-12(2)10-14)22(20,21)16-11-13(17)7-8-15(16)18/h3-8,10-11H,1,9H2,2H3. The SMILES string of the molecule is C=CCN(c1cccc(C)c1)S(=O)(=O)c1cc(Cl)ccc1Cl. The summed E-state index contributed by atoms with van der Waals surface area (Å²) in [5, 5.41) is 0.442. The van der Waals surface area contributed by atoms with E-state index >= 15 is 0 Å². The first-order chi connectivity index (χ1) is 10.4. The van der Waals surface area contributed by atoms with Crippen LogP contribution in [0.15, 0.2) is 60.0 Å². The normalized spacial score (nSPS) is 11.2. The highest BCUT2D eigenvalue weighted by Crippen LogP contribution is 2.30. The Kier molecular flexibility index (Phi) is 5.16. The molecule has 0 bridgehead atoms. The van der Waals surface area contributed by atoms with Gasteiger partial charge in [0.2, 0.25) is 0 Å². The van der Waals surface area contributed by atoms with Crippen molar-refractivity contribution in [3.63, 3.8) is 0 Å². The number of aryl methyl sites for hydroxylation is 1. The summed E-state index contributed by atoms with van der Waals surface area (Å²) in [6, 6.07) is 11.6. The molecule has 0 unspecified atom stereocenters. The van der Waals surface area contributed by atoms with E-state index in [1.807, 2.05) is 13.0 Å². The van der Waals surface area contributed by atoms with Gasteiger partial charge in [-0.2, -0.15) is 0 Å². The molecule has 2 aromatic carbocycles. The molecule has 0 spiro atoms. The van der Waals surface area contributed by atoms with Crippen LogP contribution in [0, 0.1) is 6.92 Å². The molecule has 0 saturated heterocycles. The summed E-state index contributed by atoms with van der Waals surface area (Å²) >= 11 is 12.0. The Morgan fingerprint density at radius 1 is 1.18 bits per heavy atom. The average Bonchev–Trinajstić information content (AvgIpc) is 2.47. The highest BCUT2D eigenvalue weighted by molar-refractivity contribution is 7.93. The van der Waals surface area contributed by atoms with Crippen LogP contribution in [0.5, 0.6) is 0 Å². The number of anilines is 1. The molecule has 22 heavy (non-hydrogen) atoms. The largest absolute Gasteiger partial charge is 0.266 e. The van der Waals surface area contributed by atoms with Crippen LogP contribution < -0.4 is 4.31 Å². The third-order valence-corrected chi connectivity index (χ3v) is 5.56. The van der Waals surface area contributed by atoms with Crippen molar-refractivity contribution in [2.75, 3.05) is 10.8 Å². The zero-order chi connectivity index (χ0) is 16.3. The van der Waals surface area contributed by atoms with Crippen molar-refractivity contribution in [3.05, 3.63) is 70.7 Å². The lowest BCUT2D eigenvalue weighted by Gasteiger charge is -2.24. The van der Waals surface area contributed by atoms with Gasteiger partial charge < -0.3 is 0 Å². The summed E-state index contributed by atoms with van der Waals surface area (Å²) in [4.78, 5) is -0.0231. The Labute approximate surface area is 140 Å². The Morgan fingerprint density at radius 2 is 1.91 bits per heavy atom. The Bertz CT molecular complexity index is 804. The number of halogens is 2. The van der Waals surface area contributed by atoms with Crippen LogP contribution in [0.25, 0.3) is 0 Å². The molecule has 0 saturated carbocycles. The summed E-state index contributed by atoms with van der Waals surface area (Å²) in [6.07, 6.45) is 1.53. The maximum atomic E-state index is 12.9. The quantitative estimate of drug-likeness (QED) is 0.730. The lowest BCUT2D eigenvalue weighted by Crippen LogP contribution is -2.31. The molecular formula is C16H15Cl2NO2S. The summed E-state index contributed by atoms with van der Waals surface area (Å²) in [6.45, 7) is 5.66. The highest BCUT2D eigenvalue weighted by Gasteiger charge is 2.26. The first-order valence-corrected chi connectivity index (χ1v) is 8.71. The van der Waals surface area contributed by atoms with E-state index in [-0.39, 0.29) is 16.5 Å². The summed E-state index contributed by atoms with van der Waals surface area (Å²) in [5.74, 6) is 0. The smallest absolute Gasteiger partial charge is 0.262 e. The number of hydrogen-bond acceptors (Lipinski definition) is 2. The second kappa shape index (κ2) is 6.73. The van der Waals surface area contributed by atoms with Gasteiger partial charge in [-0.05, 0) is 42.8 Å². The summed E-state index contributed by atoms with van der Waals surface area (Å²) in [7, 11) is -3.84. The van der Waals surface area contributed by atoms with Gasteiger partial charge in [0.05, 0.1) is 17.3 Å². The summed E-state index contributed by atoms with van der Waals surface area (Å²) < 4.78 is 27.1. The molecule has 0 aromatic heterocycles. The molecular weight excluding hydrogens is 341 g/mol. The third kappa shape index (κ3) is 3.46. The van der Waals surface area contributed by atoms with Gasteiger partial charge in [-0.3, -0.25) is 4.31 Å². The zero-order valence-electron chi connectivity index (χ0n) is 12.0. The van der Waals surface area contributed by atoms with Gasteiger partial charge >= 0.3 is 0 Å². The zero-order valence-corrected chi connectivity index (χ0v) is 14.3. The van der Waals surface area contributed by atoms with E-state index in [1.54, 1.807) is 24.3 Å². The number of benzene rings is 2. The van der Waals surface area contributed by atoms with Crippen LogP contribution >= 0.6 is 23.2 Å². The van der Waals surface area contributed by atoms with Gasteiger partial charge in [0, 0.05) is 5.02 Å². The molecule has 0 aliphatic rings. The second-order valence-electron chi connectivity index (χ2n) is 4.74. The number of nitrogens with zero attached hydrogens (tertiary/aromatic N) is 1. The number of hydrogen-bond donors (Lipinski definition) is 0. The monoisotopic (exact) mass is 355 g/mol. The van der Waals surface area contributed by atoms with Gasteiger partial charge in [0.1, 0.15) is 4.90 Å². The first-order valence-electron chi connectivity index (χ1n) is 6.51. The maximum Gasteiger partial charge on any atom is 0.266 e. The Hall–Kier alpha value is -1.49. The van der Waals surface area contributed by atoms with E-state index in [1.165, 1.54) is 22.5 Å². The molecule has 3 nitrogen and oxygen atoms in total. The molecule has 0 aliphatic heterocycles. The minimum Gasteiger partial charge on any atom is -0.262 e. The second-order valence-corrected chi connectivity index (χ2v) is 7.41.